The molecule has 0 heterocycles. The molecular weight excluding hydrogens is 450 g/mol. The van der Waals surface area contributed by atoms with E-state index in [1.165, 1.54) is 43.1 Å². The van der Waals surface area contributed by atoms with Gasteiger partial charge >= 0.3 is 0 Å². The van der Waals surface area contributed by atoms with Crippen molar-refractivity contribution < 1.29 is 4.74 Å². The van der Waals surface area contributed by atoms with E-state index in [4.69, 9.17) is 4.74 Å². The molecule has 0 aliphatic heterocycles. The zero-order valence-corrected chi connectivity index (χ0v) is 20.6. The highest BCUT2D eigenvalue weighted by atomic mass is 16.5. The van der Waals surface area contributed by atoms with Gasteiger partial charge in [0.1, 0.15) is 5.75 Å². The molecule has 2 nitrogen and oxygen atoms in total. The van der Waals surface area contributed by atoms with Crippen LogP contribution in [-0.4, -0.2) is 7.11 Å². The third-order valence-corrected chi connectivity index (χ3v) is 7.30. The van der Waals surface area contributed by atoms with Crippen LogP contribution < -0.4 is 9.64 Å². The Morgan fingerprint density at radius 1 is 0.432 bits per heavy atom. The zero-order valence-electron chi connectivity index (χ0n) is 20.6. The summed E-state index contributed by atoms with van der Waals surface area (Å²) >= 11 is 0. The van der Waals surface area contributed by atoms with Crippen molar-refractivity contribution in [3.8, 4) is 5.75 Å². The predicted octanol–water partition coefficient (Wildman–Crippen LogP) is 9.78. The second-order valence-electron chi connectivity index (χ2n) is 9.36. The largest absolute Gasteiger partial charge is 0.497 e. The molecule has 0 aromatic heterocycles. The summed E-state index contributed by atoms with van der Waals surface area (Å²) in [4.78, 5) is 2.41. The van der Waals surface area contributed by atoms with Gasteiger partial charge in [-0.15, -0.1) is 0 Å². The number of nitrogens with zero attached hydrogens (tertiary/aromatic N) is 1. The highest BCUT2D eigenvalue weighted by molar-refractivity contribution is 6.18. The first-order valence-electron chi connectivity index (χ1n) is 12.6. The van der Waals surface area contributed by atoms with E-state index in [1.807, 2.05) is 12.1 Å². The molecule has 0 aliphatic rings. The molecule has 2 heteroatoms. The Kier molecular flexibility index (Phi) is 5.04. The summed E-state index contributed by atoms with van der Waals surface area (Å²) in [7, 11) is 1.71. The number of hydrogen-bond donors (Lipinski definition) is 0. The highest BCUT2D eigenvalue weighted by Gasteiger charge is 2.20. The van der Waals surface area contributed by atoms with Crippen molar-refractivity contribution in [3.05, 3.63) is 133 Å². The van der Waals surface area contributed by atoms with Gasteiger partial charge in [-0.25, -0.2) is 0 Å². The van der Waals surface area contributed by atoms with Crippen molar-refractivity contribution in [3.63, 3.8) is 0 Å². The van der Waals surface area contributed by atoms with Crippen LogP contribution in [-0.2, 0) is 0 Å². The SMILES string of the molecule is COc1ccc(N(c2cc3ccccc3c3ccccc23)c2cc3ccccc3c3ccccc23)cc1. The lowest BCUT2D eigenvalue weighted by Crippen LogP contribution is -2.11. The fourth-order valence-corrected chi connectivity index (χ4v) is 5.58. The van der Waals surface area contributed by atoms with Crippen LogP contribution >= 0.6 is 0 Å². The van der Waals surface area contributed by atoms with Gasteiger partial charge in [-0.05, 0) is 68.7 Å². The van der Waals surface area contributed by atoms with Crippen LogP contribution in [0.15, 0.2) is 133 Å². The smallest absolute Gasteiger partial charge is 0.119 e. The van der Waals surface area contributed by atoms with Crippen molar-refractivity contribution in [1.29, 1.82) is 0 Å². The van der Waals surface area contributed by atoms with E-state index in [-0.39, 0.29) is 0 Å². The summed E-state index contributed by atoms with van der Waals surface area (Å²) in [6.07, 6.45) is 0. The maximum Gasteiger partial charge on any atom is 0.119 e. The molecule has 7 aromatic carbocycles. The first-order valence-corrected chi connectivity index (χ1v) is 12.6. The van der Waals surface area contributed by atoms with E-state index in [0.717, 1.165) is 22.8 Å². The van der Waals surface area contributed by atoms with Crippen molar-refractivity contribution in [2.75, 3.05) is 12.0 Å². The van der Waals surface area contributed by atoms with Crippen molar-refractivity contribution >= 4 is 60.2 Å². The summed E-state index contributed by atoms with van der Waals surface area (Å²) < 4.78 is 5.50. The van der Waals surface area contributed by atoms with Gasteiger partial charge in [0.15, 0.2) is 0 Å². The molecule has 0 amide bonds. The lowest BCUT2D eigenvalue weighted by molar-refractivity contribution is 0.415. The summed E-state index contributed by atoms with van der Waals surface area (Å²) in [6, 6.07) is 47.8. The number of benzene rings is 7. The van der Waals surface area contributed by atoms with Crippen LogP contribution in [0.3, 0.4) is 0 Å². The molecule has 176 valence electrons. The molecule has 0 unspecified atom stereocenters. The lowest BCUT2D eigenvalue weighted by Gasteiger charge is -2.29. The first-order chi connectivity index (χ1) is 18.3. The van der Waals surface area contributed by atoms with Gasteiger partial charge in [-0.2, -0.15) is 0 Å². The van der Waals surface area contributed by atoms with Crippen LogP contribution in [0.25, 0.3) is 43.1 Å². The molecule has 0 aliphatic carbocycles. The first kappa shape index (κ1) is 21.5. The molecule has 7 aromatic rings. The Bertz CT molecular complexity index is 1800. The Morgan fingerprint density at radius 2 is 0.838 bits per heavy atom. The van der Waals surface area contributed by atoms with E-state index in [9.17, 15) is 0 Å². The second kappa shape index (κ2) is 8.69. The van der Waals surface area contributed by atoms with Crippen LogP contribution in [0.5, 0.6) is 5.75 Å². The summed E-state index contributed by atoms with van der Waals surface area (Å²) in [5.74, 6) is 0.843. The minimum atomic E-state index is 0.843. The maximum absolute atomic E-state index is 5.50. The minimum absolute atomic E-state index is 0.843. The minimum Gasteiger partial charge on any atom is -0.497 e. The average molecular weight is 476 g/mol. The van der Waals surface area contributed by atoms with E-state index >= 15 is 0 Å². The zero-order chi connectivity index (χ0) is 24.8. The van der Waals surface area contributed by atoms with Gasteiger partial charge in [-0.1, -0.05) is 97.1 Å². The predicted molar refractivity (Wildman–Crippen MR) is 158 cm³/mol. The van der Waals surface area contributed by atoms with E-state index in [1.54, 1.807) is 7.11 Å². The van der Waals surface area contributed by atoms with Gasteiger partial charge in [-0.3, -0.25) is 0 Å². The van der Waals surface area contributed by atoms with Gasteiger partial charge in [0.25, 0.3) is 0 Å². The standard InChI is InChI=1S/C35H25NO/c1-37-27-20-18-26(19-21-27)36(34-22-24-10-2-4-12-28(24)30-14-6-8-16-32(30)34)35-23-25-11-3-5-13-29(25)31-15-7-9-17-33(31)35/h2-23H,1H3. The molecule has 0 spiro atoms. The van der Waals surface area contributed by atoms with Crippen LogP contribution in [0.2, 0.25) is 0 Å². The average Bonchev–Trinajstić information content (AvgIpc) is 2.98. The topological polar surface area (TPSA) is 12.5 Å². The summed E-state index contributed by atoms with van der Waals surface area (Å²) in [5, 5.41) is 9.90. The third-order valence-electron chi connectivity index (χ3n) is 7.30. The molecule has 0 N–H and O–H groups in total. The maximum atomic E-state index is 5.50. The van der Waals surface area contributed by atoms with Gasteiger partial charge < -0.3 is 9.64 Å². The van der Waals surface area contributed by atoms with Crippen LogP contribution in [0.1, 0.15) is 0 Å². The number of methoxy groups -OCH3 is 1. The van der Waals surface area contributed by atoms with Crippen molar-refractivity contribution in [1.82, 2.24) is 0 Å². The molecular formula is C35H25NO. The number of anilines is 3. The highest BCUT2D eigenvalue weighted by Crippen LogP contribution is 2.45. The van der Waals surface area contributed by atoms with Crippen molar-refractivity contribution in [2.24, 2.45) is 0 Å². The number of fused-ring (bicyclic) bond motifs is 6. The van der Waals surface area contributed by atoms with E-state index < -0.39 is 0 Å². The quantitative estimate of drug-likeness (QED) is 0.235. The Morgan fingerprint density at radius 3 is 1.30 bits per heavy atom. The number of ether oxygens (including phenoxy) is 1. The molecule has 37 heavy (non-hydrogen) atoms. The van der Waals surface area contributed by atoms with Gasteiger partial charge in [0.2, 0.25) is 0 Å². The van der Waals surface area contributed by atoms with E-state index in [0.29, 0.717) is 0 Å². The van der Waals surface area contributed by atoms with E-state index in [2.05, 4.69) is 126 Å². The normalized spacial score (nSPS) is 11.4. The van der Waals surface area contributed by atoms with Gasteiger partial charge in [0.05, 0.1) is 18.5 Å². The van der Waals surface area contributed by atoms with Gasteiger partial charge in [0, 0.05) is 16.5 Å². The monoisotopic (exact) mass is 475 g/mol. The molecule has 7 rings (SSSR count). The summed E-state index contributed by atoms with van der Waals surface area (Å²) in [6.45, 7) is 0. The number of rotatable bonds is 4. The molecule has 0 saturated heterocycles. The molecule has 0 fully saturated rings. The fourth-order valence-electron chi connectivity index (χ4n) is 5.58. The van der Waals surface area contributed by atoms with Crippen molar-refractivity contribution in [2.45, 2.75) is 0 Å². The Labute approximate surface area is 216 Å². The number of hydrogen-bond acceptors (Lipinski definition) is 2. The molecule has 0 atom stereocenters. The van der Waals surface area contributed by atoms with Crippen LogP contribution in [0, 0.1) is 0 Å². The fraction of sp³-hybridized carbons (Fsp3) is 0.0286. The molecule has 0 radical (unpaired) electrons. The second-order valence-corrected chi connectivity index (χ2v) is 9.36. The Hall–Kier alpha value is -4.82. The molecule has 0 saturated carbocycles. The third kappa shape index (κ3) is 3.49. The lowest BCUT2D eigenvalue weighted by atomic mass is 9.96. The van der Waals surface area contributed by atoms with Crippen LogP contribution in [0.4, 0.5) is 17.1 Å². The molecule has 0 bridgehead atoms. The Balaban J connectivity index is 1.62. The summed E-state index contributed by atoms with van der Waals surface area (Å²) in [5.41, 5.74) is 3.39.